The molecule has 0 atom stereocenters. The number of benzene rings is 2. The fourth-order valence-corrected chi connectivity index (χ4v) is 2.68. The van der Waals surface area contributed by atoms with Crippen molar-refractivity contribution < 1.29 is 51.1 Å². The number of nitrogens with zero attached hydrogens (tertiary/aromatic N) is 3. The summed E-state index contributed by atoms with van der Waals surface area (Å²) in [5, 5.41) is 3.35. The van der Waals surface area contributed by atoms with Crippen LogP contribution < -0.4 is 30.1 Å². The molecule has 1 radical (unpaired) electrons. The number of fused-ring (bicyclic) bond motifs is 2. The van der Waals surface area contributed by atoms with E-state index in [9.17, 15) is 4.79 Å². The van der Waals surface area contributed by atoms with E-state index < -0.39 is 0 Å². The average molecular weight is 554 g/mol. The Morgan fingerprint density at radius 1 is 0.853 bits per heavy atom. The average Bonchev–Trinajstić information content (AvgIpc) is 3.38. The van der Waals surface area contributed by atoms with Crippen molar-refractivity contribution in [1.29, 1.82) is 0 Å². The molecule has 0 saturated carbocycles. The Balaban J connectivity index is 0. The number of H-pyrrole nitrogens is 2. The number of aromatic amines is 2. The summed E-state index contributed by atoms with van der Waals surface area (Å²) in [5.74, 6) is 1.87. The summed E-state index contributed by atoms with van der Waals surface area (Å²) in [5.41, 5.74) is 4.13. The Hall–Kier alpha value is -2.14. The van der Waals surface area contributed by atoms with Crippen LogP contribution in [0.15, 0.2) is 48.5 Å². The number of nitrogens with one attached hydrogen (secondary N) is 3. The summed E-state index contributed by atoms with van der Waals surface area (Å²) in [4.78, 5) is 26.6. The topological polar surface area (TPSA) is 98.9 Å². The molecule has 2 aromatic heterocycles. The zero-order valence-electron chi connectivity index (χ0n) is 19.8. The van der Waals surface area contributed by atoms with Crippen LogP contribution >= 0.6 is 0 Å². The van der Waals surface area contributed by atoms with Crippen molar-refractivity contribution >= 4 is 28.5 Å². The van der Waals surface area contributed by atoms with Gasteiger partial charge in [0.1, 0.15) is 11.6 Å². The minimum absolute atomic E-state index is 0. The third-order valence-electron chi connectivity index (χ3n) is 4.08. The smallest absolute Gasteiger partial charge is 1.00 e. The Labute approximate surface area is 223 Å². The van der Waals surface area contributed by atoms with Crippen molar-refractivity contribution in [3.05, 3.63) is 60.2 Å². The molecule has 4 aromatic rings. The molecule has 1 amide bonds. The van der Waals surface area contributed by atoms with Crippen molar-refractivity contribution in [2.45, 2.75) is 26.9 Å². The van der Waals surface area contributed by atoms with Gasteiger partial charge in [-0.15, -0.1) is 0 Å². The van der Waals surface area contributed by atoms with Gasteiger partial charge in [0.25, 0.3) is 0 Å². The molecule has 0 fully saturated rings. The van der Waals surface area contributed by atoms with Crippen molar-refractivity contribution in [3.8, 4) is 0 Å². The second-order valence-electron chi connectivity index (χ2n) is 6.86. The van der Waals surface area contributed by atoms with Crippen LogP contribution in [-0.4, -0.2) is 58.6 Å². The van der Waals surface area contributed by atoms with E-state index in [1.807, 2.05) is 62.4 Å². The number of hydrogen-bond acceptors (Lipinski definition) is 5. The van der Waals surface area contributed by atoms with Crippen LogP contribution in [0.2, 0.25) is 0 Å². The van der Waals surface area contributed by atoms with Crippen LogP contribution in [0.25, 0.3) is 22.1 Å². The van der Waals surface area contributed by atoms with E-state index in [1.54, 1.807) is 14.1 Å². The van der Waals surface area contributed by atoms with Gasteiger partial charge in [0.2, 0.25) is 6.41 Å². The molecule has 0 unspecified atom stereocenters. The summed E-state index contributed by atoms with van der Waals surface area (Å²) < 4.78 is 4.83. The summed E-state index contributed by atoms with van der Waals surface area (Å²) in [6.45, 7) is 7.04. The zero-order valence-corrected chi connectivity index (χ0v) is 22.3. The SMILES string of the molecule is CCOCC.CN(C)C=O.[Cl-].[Cl-].[Co+2].c1ccc2[nH]c(CNCc3nc4ccccc4[nH]3)nc2c1. The van der Waals surface area contributed by atoms with Crippen LogP contribution in [0.1, 0.15) is 25.5 Å². The first-order valence-corrected chi connectivity index (χ1v) is 10.3. The molecule has 0 aliphatic carbocycles. The number of ether oxygens (including phenoxy) is 1. The minimum Gasteiger partial charge on any atom is -1.00 e. The first-order valence-electron chi connectivity index (χ1n) is 10.3. The van der Waals surface area contributed by atoms with Gasteiger partial charge in [-0.2, -0.15) is 0 Å². The summed E-state index contributed by atoms with van der Waals surface area (Å²) in [7, 11) is 3.38. The van der Waals surface area contributed by atoms with Gasteiger partial charge < -0.3 is 49.7 Å². The van der Waals surface area contributed by atoms with E-state index in [4.69, 9.17) is 4.74 Å². The number of carbonyl (C=O) groups is 1. The van der Waals surface area contributed by atoms with Gasteiger partial charge in [-0.05, 0) is 38.1 Å². The molecule has 34 heavy (non-hydrogen) atoms. The van der Waals surface area contributed by atoms with Crippen LogP contribution in [0.4, 0.5) is 0 Å². The Kier molecular flexibility index (Phi) is 19.2. The molecule has 8 nitrogen and oxygen atoms in total. The molecular formula is C23H32Cl2CoN6O2. The Morgan fingerprint density at radius 2 is 1.24 bits per heavy atom. The number of halogens is 2. The molecule has 4 rings (SSSR count). The van der Waals surface area contributed by atoms with Crippen molar-refractivity contribution in [3.63, 3.8) is 0 Å². The number of para-hydroxylation sites is 4. The van der Waals surface area contributed by atoms with Gasteiger partial charge >= 0.3 is 16.8 Å². The zero-order chi connectivity index (χ0) is 22.5. The largest absolute Gasteiger partial charge is 2.00 e. The Morgan fingerprint density at radius 3 is 1.53 bits per heavy atom. The van der Waals surface area contributed by atoms with E-state index in [0.29, 0.717) is 13.1 Å². The van der Waals surface area contributed by atoms with Crippen LogP contribution in [-0.2, 0) is 39.4 Å². The summed E-state index contributed by atoms with van der Waals surface area (Å²) in [6, 6.07) is 16.1. The fraction of sp³-hybridized carbons (Fsp3) is 0.348. The van der Waals surface area contributed by atoms with Gasteiger partial charge in [0, 0.05) is 27.3 Å². The molecule has 0 aliphatic heterocycles. The summed E-state index contributed by atoms with van der Waals surface area (Å²) >= 11 is 0. The predicted octanol–water partition coefficient (Wildman–Crippen LogP) is -2.52. The first kappa shape index (κ1) is 34.0. The van der Waals surface area contributed by atoms with Gasteiger partial charge in [-0.3, -0.25) is 4.79 Å². The third-order valence-corrected chi connectivity index (χ3v) is 4.08. The van der Waals surface area contributed by atoms with E-state index >= 15 is 0 Å². The molecule has 0 aliphatic rings. The monoisotopic (exact) mass is 553 g/mol. The number of carbonyl (C=O) groups excluding carboxylic acids is 1. The van der Waals surface area contributed by atoms with Crippen LogP contribution in [0.3, 0.4) is 0 Å². The molecule has 0 bridgehead atoms. The molecule has 2 aromatic carbocycles. The van der Waals surface area contributed by atoms with Crippen molar-refractivity contribution in [1.82, 2.24) is 30.2 Å². The van der Waals surface area contributed by atoms with Crippen LogP contribution in [0, 0.1) is 0 Å². The number of amides is 1. The van der Waals surface area contributed by atoms with E-state index in [-0.39, 0.29) is 41.6 Å². The van der Waals surface area contributed by atoms with E-state index in [2.05, 4.69) is 25.3 Å². The van der Waals surface area contributed by atoms with Gasteiger partial charge in [0.05, 0.1) is 35.2 Å². The molecule has 2 heterocycles. The third kappa shape index (κ3) is 11.8. The van der Waals surface area contributed by atoms with Gasteiger partial charge in [-0.1, -0.05) is 24.3 Å². The second kappa shape index (κ2) is 19.2. The minimum atomic E-state index is 0. The maximum atomic E-state index is 9.43. The molecule has 11 heteroatoms. The molecule has 189 valence electrons. The maximum absolute atomic E-state index is 9.43. The molecule has 3 N–H and O–H groups in total. The summed E-state index contributed by atoms with van der Waals surface area (Å²) in [6.07, 6.45) is 0.750. The number of imidazole rings is 2. The van der Waals surface area contributed by atoms with Gasteiger partial charge in [-0.25, -0.2) is 9.97 Å². The predicted molar refractivity (Wildman–Crippen MR) is 125 cm³/mol. The quantitative estimate of drug-likeness (QED) is 0.219. The Bertz CT molecular complexity index is 916. The van der Waals surface area contributed by atoms with Gasteiger partial charge in [0.15, 0.2) is 0 Å². The van der Waals surface area contributed by atoms with Crippen LogP contribution in [0.5, 0.6) is 0 Å². The number of aromatic nitrogens is 4. The fourth-order valence-electron chi connectivity index (χ4n) is 2.68. The second-order valence-corrected chi connectivity index (χ2v) is 6.86. The maximum Gasteiger partial charge on any atom is 2.00 e. The number of rotatable bonds is 7. The number of hydrogen-bond donors (Lipinski definition) is 3. The van der Waals surface area contributed by atoms with Crippen molar-refractivity contribution in [2.24, 2.45) is 0 Å². The molecule has 0 saturated heterocycles. The standard InChI is InChI=1S/C16H15N5.C4H10O.C3H7NO.2ClH.Co/c1-2-6-12-11(5-1)18-15(19-12)9-17-10-16-20-13-7-3-4-8-14(13)21-16;1-3-5-4-2;1-4(2)3-5;;;/h1-8,17H,9-10H2,(H,18,19)(H,20,21);3-4H2,1-2H3;3H,1-2H3;2*1H;/q;;;;;+2/p-2. The van der Waals surface area contributed by atoms with E-state index in [0.717, 1.165) is 53.3 Å². The normalized spacial score (nSPS) is 9.29. The molecular weight excluding hydrogens is 522 g/mol. The van der Waals surface area contributed by atoms with E-state index in [1.165, 1.54) is 4.90 Å². The van der Waals surface area contributed by atoms with Crippen molar-refractivity contribution in [2.75, 3.05) is 27.3 Å². The molecule has 0 spiro atoms. The first-order chi connectivity index (χ1) is 15.1.